The molecule has 0 atom stereocenters. The monoisotopic (exact) mass is 332 g/mol. The van der Waals surface area contributed by atoms with Crippen molar-refractivity contribution in [3.63, 3.8) is 0 Å². The zero-order chi connectivity index (χ0) is 15.7. The van der Waals surface area contributed by atoms with Gasteiger partial charge in [0.15, 0.2) is 10.3 Å². The highest BCUT2D eigenvalue weighted by Crippen LogP contribution is 2.38. The van der Waals surface area contributed by atoms with E-state index in [9.17, 15) is 0 Å². The number of anilines is 3. The smallest absolute Gasteiger partial charge is 0.190 e. The summed E-state index contributed by atoms with van der Waals surface area (Å²) in [6.07, 6.45) is 0. The lowest BCUT2D eigenvalue weighted by molar-refractivity contribution is 0.415. The molecule has 5 nitrogen and oxygen atoms in total. The van der Waals surface area contributed by atoms with Crippen molar-refractivity contribution in [2.45, 2.75) is 6.92 Å². The molecule has 22 heavy (non-hydrogen) atoms. The summed E-state index contributed by atoms with van der Waals surface area (Å²) >= 11 is 3.05. The van der Waals surface area contributed by atoms with Gasteiger partial charge in [0.05, 0.1) is 29.1 Å². The number of hydrogen-bond acceptors (Lipinski definition) is 7. The van der Waals surface area contributed by atoms with E-state index in [4.69, 9.17) is 15.5 Å². The van der Waals surface area contributed by atoms with E-state index in [0.717, 1.165) is 32.8 Å². The number of nitrogen functional groups attached to an aromatic ring is 1. The van der Waals surface area contributed by atoms with Gasteiger partial charge in [0.1, 0.15) is 5.75 Å². The largest absolute Gasteiger partial charge is 0.495 e. The van der Waals surface area contributed by atoms with E-state index in [0.29, 0.717) is 5.13 Å². The van der Waals surface area contributed by atoms with Crippen LogP contribution in [0.3, 0.4) is 0 Å². The number of para-hydroxylation sites is 2. The van der Waals surface area contributed by atoms with E-state index in [2.05, 4.69) is 4.98 Å². The highest BCUT2D eigenvalue weighted by Gasteiger charge is 2.16. The number of benzene rings is 1. The van der Waals surface area contributed by atoms with Gasteiger partial charge in [0.25, 0.3) is 0 Å². The summed E-state index contributed by atoms with van der Waals surface area (Å²) < 4.78 is 5.41. The average molecular weight is 332 g/mol. The first-order valence-corrected chi connectivity index (χ1v) is 8.35. The molecule has 2 heterocycles. The molecule has 114 valence electrons. The van der Waals surface area contributed by atoms with Gasteiger partial charge in [-0.05, 0) is 19.1 Å². The van der Waals surface area contributed by atoms with Crippen LogP contribution >= 0.6 is 22.7 Å². The van der Waals surface area contributed by atoms with Crippen LogP contribution in [0, 0.1) is 6.92 Å². The van der Waals surface area contributed by atoms with Crippen LogP contribution in [0.1, 0.15) is 5.69 Å². The van der Waals surface area contributed by atoms with Gasteiger partial charge in [-0.1, -0.05) is 23.5 Å². The first-order valence-electron chi connectivity index (χ1n) is 6.65. The molecule has 7 heteroatoms. The second-order valence-electron chi connectivity index (χ2n) is 4.71. The number of rotatable bonds is 4. The van der Waals surface area contributed by atoms with Crippen LogP contribution in [-0.2, 0) is 0 Å². The topological polar surface area (TPSA) is 64.3 Å². The molecule has 3 rings (SSSR count). The second-order valence-corrected chi connectivity index (χ2v) is 6.58. The molecular formula is C15H16N4OS2. The standard InChI is InChI=1S/C15H16N4OS2/c1-9-13(22-14(16)17-9)10-8-21-15(18-10)19(2)11-6-4-5-7-12(11)20-3/h4-8H,1-3H3,(H2,16,17). The average Bonchev–Trinajstić information content (AvgIpc) is 3.12. The third-order valence-corrected chi connectivity index (χ3v) is 5.20. The fourth-order valence-electron chi connectivity index (χ4n) is 2.19. The number of ether oxygens (including phenoxy) is 1. The van der Waals surface area contributed by atoms with E-state index in [1.165, 1.54) is 11.3 Å². The van der Waals surface area contributed by atoms with E-state index < -0.39 is 0 Å². The summed E-state index contributed by atoms with van der Waals surface area (Å²) in [5, 5.41) is 3.49. The van der Waals surface area contributed by atoms with Crippen LogP contribution in [0.15, 0.2) is 29.6 Å². The van der Waals surface area contributed by atoms with Gasteiger partial charge in [0.2, 0.25) is 0 Å². The predicted molar refractivity (Wildman–Crippen MR) is 93.4 cm³/mol. The fraction of sp³-hybridized carbons (Fsp3) is 0.200. The number of nitrogens with two attached hydrogens (primary N) is 1. The van der Waals surface area contributed by atoms with Crippen molar-refractivity contribution in [1.82, 2.24) is 9.97 Å². The molecule has 0 spiro atoms. The Labute approximate surface area is 137 Å². The van der Waals surface area contributed by atoms with Crippen LogP contribution in [0.4, 0.5) is 16.0 Å². The molecule has 3 aromatic rings. The van der Waals surface area contributed by atoms with E-state index in [1.807, 2.05) is 48.5 Å². The minimum Gasteiger partial charge on any atom is -0.495 e. The minimum atomic E-state index is 0.570. The third kappa shape index (κ3) is 2.65. The fourth-order valence-corrected chi connectivity index (χ4v) is 3.85. The summed E-state index contributed by atoms with van der Waals surface area (Å²) in [7, 11) is 3.65. The number of hydrogen-bond donors (Lipinski definition) is 1. The predicted octanol–water partition coefficient (Wildman–Crippen LogP) is 3.93. The Morgan fingerprint density at radius 3 is 2.68 bits per heavy atom. The number of nitrogens with zero attached hydrogens (tertiary/aromatic N) is 3. The zero-order valence-corrected chi connectivity index (χ0v) is 14.2. The summed E-state index contributed by atoms with van der Waals surface area (Å²) in [4.78, 5) is 12.0. The van der Waals surface area contributed by atoms with Gasteiger partial charge >= 0.3 is 0 Å². The third-order valence-electron chi connectivity index (χ3n) is 3.27. The highest BCUT2D eigenvalue weighted by molar-refractivity contribution is 7.19. The minimum absolute atomic E-state index is 0.570. The van der Waals surface area contributed by atoms with Crippen molar-refractivity contribution in [3.8, 4) is 16.3 Å². The van der Waals surface area contributed by atoms with Crippen LogP contribution < -0.4 is 15.4 Å². The molecule has 0 aliphatic carbocycles. The molecule has 0 saturated heterocycles. The summed E-state index contributed by atoms with van der Waals surface area (Å²) in [6.45, 7) is 1.95. The van der Waals surface area contributed by atoms with Gasteiger partial charge in [-0.3, -0.25) is 0 Å². The van der Waals surface area contributed by atoms with Crippen molar-refractivity contribution in [3.05, 3.63) is 35.3 Å². The number of methoxy groups -OCH3 is 1. The van der Waals surface area contributed by atoms with Crippen LogP contribution in [-0.4, -0.2) is 24.1 Å². The molecule has 0 unspecified atom stereocenters. The first-order chi connectivity index (χ1) is 10.6. The van der Waals surface area contributed by atoms with Crippen LogP contribution in [0.5, 0.6) is 5.75 Å². The normalized spacial score (nSPS) is 10.7. The quantitative estimate of drug-likeness (QED) is 0.784. The number of aromatic nitrogens is 2. The van der Waals surface area contributed by atoms with Gasteiger partial charge in [-0.15, -0.1) is 11.3 Å². The molecule has 1 aromatic carbocycles. The van der Waals surface area contributed by atoms with Crippen LogP contribution in [0.2, 0.25) is 0 Å². The van der Waals surface area contributed by atoms with Crippen molar-refractivity contribution in [2.24, 2.45) is 0 Å². The van der Waals surface area contributed by atoms with Gasteiger partial charge in [-0.25, -0.2) is 9.97 Å². The lowest BCUT2D eigenvalue weighted by Gasteiger charge is -2.18. The zero-order valence-electron chi connectivity index (χ0n) is 12.5. The molecule has 0 aliphatic rings. The summed E-state index contributed by atoms with van der Waals surface area (Å²) in [5.41, 5.74) is 8.57. The number of aryl methyl sites for hydroxylation is 1. The maximum absolute atomic E-state index is 5.77. The van der Waals surface area contributed by atoms with Gasteiger partial charge < -0.3 is 15.4 Å². The number of thiazole rings is 2. The Morgan fingerprint density at radius 2 is 2.00 bits per heavy atom. The van der Waals surface area contributed by atoms with Crippen molar-refractivity contribution < 1.29 is 4.74 Å². The molecule has 2 N–H and O–H groups in total. The molecule has 0 radical (unpaired) electrons. The second kappa shape index (κ2) is 5.94. The molecule has 0 saturated carbocycles. The Morgan fingerprint density at radius 1 is 1.23 bits per heavy atom. The maximum Gasteiger partial charge on any atom is 0.190 e. The van der Waals surface area contributed by atoms with Crippen molar-refractivity contribution in [2.75, 3.05) is 24.8 Å². The van der Waals surface area contributed by atoms with E-state index in [1.54, 1.807) is 18.4 Å². The van der Waals surface area contributed by atoms with Crippen LogP contribution in [0.25, 0.3) is 10.6 Å². The summed E-state index contributed by atoms with van der Waals surface area (Å²) in [5.74, 6) is 0.819. The molecule has 0 amide bonds. The van der Waals surface area contributed by atoms with E-state index >= 15 is 0 Å². The van der Waals surface area contributed by atoms with Crippen molar-refractivity contribution in [1.29, 1.82) is 0 Å². The highest BCUT2D eigenvalue weighted by atomic mass is 32.1. The molecule has 0 fully saturated rings. The maximum atomic E-state index is 5.77. The Kier molecular flexibility index (Phi) is 4.00. The lowest BCUT2D eigenvalue weighted by atomic mass is 10.3. The molecule has 0 aliphatic heterocycles. The lowest BCUT2D eigenvalue weighted by Crippen LogP contribution is -2.10. The molecule has 2 aromatic heterocycles. The van der Waals surface area contributed by atoms with E-state index in [-0.39, 0.29) is 0 Å². The Balaban J connectivity index is 1.95. The van der Waals surface area contributed by atoms with Crippen molar-refractivity contribution >= 4 is 38.6 Å². The SMILES string of the molecule is COc1ccccc1N(C)c1nc(-c2sc(N)nc2C)cs1. The Bertz CT molecular complexity index is 796. The van der Waals surface area contributed by atoms with Gasteiger partial charge in [-0.2, -0.15) is 0 Å². The molecule has 0 bridgehead atoms. The Hall–Kier alpha value is -2.12. The first kappa shape index (κ1) is 14.8. The van der Waals surface area contributed by atoms with Gasteiger partial charge in [0, 0.05) is 12.4 Å². The molecular weight excluding hydrogens is 316 g/mol. The summed E-state index contributed by atoms with van der Waals surface area (Å²) in [6, 6.07) is 7.88.